The Bertz CT molecular complexity index is 543. The predicted octanol–water partition coefficient (Wildman–Crippen LogP) is 1.12. The second kappa shape index (κ2) is 3.13. The summed E-state index contributed by atoms with van der Waals surface area (Å²) in [5.74, 6) is 0. The number of hydrogen-bond donors (Lipinski definition) is 0. The van der Waals surface area contributed by atoms with Gasteiger partial charge in [-0.2, -0.15) is 0 Å². The van der Waals surface area contributed by atoms with Crippen LogP contribution in [-0.2, 0) is 0 Å². The lowest BCUT2D eigenvalue weighted by atomic mass is 10.3. The highest BCUT2D eigenvalue weighted by Gasteiger charge is 2.13. The molecular weight excluding hydrogens is 252 g/mol. The van der Waals surface area contributed by atoms with Crippen LogP contribution in [0.1, 0.15) is 5.69 Å². The molecule has 14 heavy (non-hydrogen) atoms. The van der Waals surface area contributed by atoms with Gasteiger partial charge in [0.05, 0.1) is 5.39 Å². The van der Waals surface area contributed by atoms with Gasteiger partial charge in [0.25, 0.3) is 0 Å². The van der Waals surface area contributed by atoms with Crippen LogP contribution in [-0.4, -0.2) is 17.0 Å². The van der Waals surface area contributed by atoms with Gasteiger partial charge < -0.3 is 9.36 Å². The normalized spacial score (nSPS) is 10.8. The fraction of sp³-hybridized carbons (Fsp3) is 0.250. The van der Waals surface area contributed by atoms with E-state index in [4.69, 9.17) is 9.36 Å². The summed E-state index contributed by atoms with van der Waals surface area (Å²) < 4.78 is 5.61. The zero-order valence-electron chi connectivity index (χ0n) is 7.57. The van der Waals surface area contributed by atoms with E-state index < -0.39 is 0 Å². The van der Waals surface area contributed by atoms with Crippen LogP contribution in [0, 0.1) is 6.92 Å². The molecule has 0 aromatic carbocycles. The number of aryl methyl sites for hydroxylation is 1. The molecule has 0 aliphatic carbocycles. The van der Waals surface area contributed by atoms with Crippen LogP contribution in [0.25, 0.3) is 11.0 Å². The van der Waals surface area contributed by atoms with Gasteiger partial charge in [-0.3, -0.25) is 4.79 Å². The SMILES string of the molecule is COn1oc2c(Br)nc(C)cc2c1=O. The van der Waals surface area contributed by atoms with Crippen LogP contribution in [0.5, 0.6) is 0 Å². The standard InChI is InChI=1S/C8H7BrN2O3/c1-4-3-5-6(7(9)10-4)14-11(13-2)8(5)12/h3H,1-2H3. The molecule has 0 saturated heterocycles. The van der Waals surface area contributed by atoms with Crippen LogP contribution in [0.3, 0.4) is 0 Å². The molecule has 0 fully saturated rings. The lowest BCUT2D eigenvalue weighted by Crippen LogP contribution is -2.19. The maximum atomic E-state index is 11.6. The molecule has 74 valence electrons. The van der Waals surface area contributed by atoms with Crippen molar-refractivity contribution in [2.24, 2.45) is 0 Å². The van der Waals surface area contributed by atoms with E-state index in [2.05, 4.69) is 20.9 Å². The number of halogens is 1. The van der Waals surface area contributed by atoms with Crippen LogP contribution < -0.4 is 10.4 Å². The van der Waals surface area contributed by atoms with Crippen LogP contribution in [0.2, 0.25) is 0 Å². The fourth-order valence-corrected chi connectivity index (χ4v) is 1.78. The molecule has 2 rings (SSSR count). The van der Waals surface area contributed by atoms with Gasteiger partial charge in [-0.25, -0.2) is 4.98 Å². The maximum Gasteiger partial charge on any atom is 0.330 e. The Labute approximate surface area is 87.3 Å². The fourth-order valence-electron chi connectivity index (χ4n) is 1.21. The van der Waals surface area contributed by atoms with Crippen molar-refractivity contribution in [3.8, 4) is 0 Å². The number of nitrogens with zero attached hydrogens (tertiary/aromatic N) is 2. The first kappa shape index (κ1) is 9.26. The van der Waals surface area contributed by atoms with Crippen molar-refractivity contribution in [2.75, 3.05) is 7.11 Å². The molecule has 0 amide bonds. The molecule has 5 nitrogen and oxygen atoms in total. The van der Waals surface area contributed by atoms with Crippen molar-refractivity contribution in [3.05, 3.63) is 26.7 Å². The summed E-state index contributed by atoms with van der Waals surface area (Å²) in [4.78, 5) is 21.2. The van der Waals surface area contributed by atoms with Gasteiger partial charge in [-0.15, -0.1) is 0 Å². The summed E-state index contributed by atoms with van der Waals surface area (Å²) in [6.07, 6.45) is 0. The summed E-state index contributed by atoms with van der Waals surface area (Å²) in [5.41, 5.74) is 0.807. The highest BCUT2D eigenvalue weighted by molar-refractivity contribution is 9.10. The number of aromatic nitrogens is 2. The average Bonchev–Trinajstić information content (AvgIpc) is 2.44. The topological polar surface area (TPSA) is 57.3 Å². The first-order valence-electron chi connectivity index (χ1n) is 3.87. The predicted molar refractivity (Wildman–Crippen MR) is 53.2 cm³/mol. The third kappa shape index (κ3) is 1.22. The van der Waals surface area contributed by atoms with Crippen molar-refractivity contribution in [1.29, 1.82) is 0 Å². The Morgan fingerprint density at radius 3 is 3.00 bits per heavy atom. The lowest BCUT2D eigenvalue weighted by molar-refractivity contribution is 0.00870. The van der Waals surface area contributed by atoms with Crippen molar-refractivity contribution in [2.45, 2.75) is 6.92 Å². The minimum atomic E-state index is -0.325. The van der Waals surface area contributed by atoms with E-state index in [9.17, 15) is 4.79 Å². The van der Waals surface area contributed by atoms with E-state index >= 15 is 0 Å². The molecule has 0 N–H and O–H groups in total. The molecule has 0 aliphatic rings. The van der Waals surface area contributed by atoms with Gasteiger partial charge in [-0.1, -0.05) is 0 Å². The molecule has 2 heterocycles. The number of pyridine rings is 1. The van der Waals surface area contributed by atoms with Crippen molar-refractivity contribution < 1.29 is 9.36 Å². The molecule has 0 spiro atoms. The van der Waals surface area contributed by atoms with Gasteiger partial charge in [0, 0.05) is 10.6 Å². The van der Waals surface area contributed by atoms with Crippen molar-refractivity contribution in [3.63, 3.8) is 0 Å². The molecule has 0 bridgehead atoms. The highest BCUT2D eigenvalue weighted by atomic mass is 79.9. The third-order valence-electron chi connectivity index (χ3n) is 1.80. The third-order valence-corrected chi connectivity index (χ3v) is 2.33. The molecule has 0 radical (unpaired) electrons. The summed E-state index contributed by atoms with van der Waals surface area (Å²) in [6.45, 7) is 1.80. The summed E-state index contributed by atoms with van der Waals surface area (Å²) in [6, 6.07) is 1.65. The summed E-state index contributed by atoms with van der Waals surface area (Å²) in [5, 5.41) is 0.450. The number of hydrogen-bond acceptors (Lipinski definition) is 4. The smallest absolute Gasteiger partial charge is 0.330 e. The minimum absolute atomic E-state index is 0.325. The van der Waals surface area contributed by atoms with E-state index in [1.54, 1.807) is 13.0 Å². The molecular formula is C8H7BrN2O3. The van der Waals surface area contributed by atoms with E-state index in [1.807, 2.05) is 0 Å². The minimum Gasteiger partial charge on any atom is -0.386 e. The quantitative estimate of drug-likeness (QED) is 0.720. The van der Waals surface area contributed by atoms with Crippen molar-refractivity contribution >= 4 is 26.9 Å². The van der Waals surface area contributed by atoms with E-state index in [-0.39, 0.29) is 5.56 Å². The Balaban J connectivity index is 2.92. The average molecular weight is 259 g/mol. The van der Waals surface area contributed by atoms with Crippen LogP contribution in [0.15, 0.2) is 20.0 Å². The molecule has 0 saturated carbocycles. The van der Waals surface area contributed by atoms with E-state index in [0.29, 0.717) is 15.6 Å². The molecule has 2 aromatic rings. The Morgan fingerprint density at radius 2 is 2.36 bits per heavy atom. The monoisotopic (exact) mass is 258 g/mol. The second-order valence-corrected chi connectivity index (χ2v) is 3.52. The first-order chi connectivity index (χ1) is 6.63. The molecule has 2 aromatic heterocycles. The lowest BCUT2D eigenvalue weighted by Gasteiger charge is -1.93. The Kier molecular flexibility index (Phi) is 2.07. The van der Waals surface area contributed by atoms with Crippen LogP contribution >= 0.6 is 15.9 Å². The Hall–Kier alpha value is -1.30. The second-order valence-electron chi connectivity index (χ2n) is 2.77. The van der Waals surface area contributed by atoms with Crippen molar-refractivity contribution in [1.82, 2.24) is 9.89 Å². The number of rotatable bonds is 1. The Morgan fingerprint density at radius 1 is 1.64 bits per heavy atom. The van der Waals surface area contributed by atoms with Crippen LogP contribution in [0.4, 0.5) is 0 Å². The highest BCUT2D eigenvalue weighted by Crippen LogP contribution is 2.20. The zero-order valence-corrected chi connectivity index (χ0v) is 9.16. The van der Waals surface area contributed by atoms with Gasteiger partial charge in [0.2, 0.25) is 5.58 Å². The molecule has 6 heteroatoms. The molecule has 0 aliphatic heterocycles. The van der Waals surface area contributed by atoms with Gasteiger partial charge in [-0.05, 0) is 28.9 Å². The first-order valence-corrected chi connectivity index (χ1v) is 4.66. The summed E-state index contributed by atoms with van der Waals surface area (Å²) >= 11 is 3.21. The molecule has 0 atom stereocenters. The largest absolute Gasteiger partial charge is 0.386 e. The zero-order chi connectivity index (χ0) is 10.3. The van der Waals surface area contributed by atoms with Gasteiger partial charge in [0.1, 0.15) is 7.11 Å². The maximum absolute atomic E-state index is 11.6. The summed E-state index contributed by atoms with van der Waals surface area (Å²) in [7, 11) is 1.36. The van der Waals surface area contributed by atoms with E-state index in [0.717, 1.165) is 10.6 Å². The van der Waals surface area contributed by atoms with E-state index in [1.165, 1.54) is 7.11 Å². The molecule has 0 unspecified atom stereocenters. The van der Waals surface area contributed by atoms with Gasteiger partial charge in [0.15, 0.2) is 4.60 Å². The number of fused-ring (bicyclic) bond motifs is 1. The van der Waals surface area contributed by atoms with Gasteiger partial charge >= 0.3 is 5.56 Å².